The summed E-state index contributed by atoms with van der Waals surface area (Å²) in [6.45, 7) is 0.986. The van der Waals surface area contributed by atoms with Crippen LogP contribution in [0.1, 0.15) is 54.5 Å². The van der Waals surface area contributed by atoms with Gasteiger partial charge < -0.3 is 20.7 Å². The van der Waals surface area contributed by atoms with Gasteiger partial charge in [-0.3, -0.25) is 14.4 Å². The Hall–Kier alpha value is -3.97. The third kappa shape index (κ3) is 8.02. The van der Waals surface area contributed by atoms with Crippen LogP contribution in [-0.4, -0.2) is 30.4 Å². The second-order valence-corrected chi connectivity index (χ2v) is 9.21. The first-order valence-electron chi connectivity index (χ1n) is 12.7. The lowest BCUT2D eigenvalue weighted by Crippen LogP contribution is -2.43. The molecule has 0 saturated carbocycles. The minimum atomic E-state index is -0.555. The highest BCUT2D eigenvalue weighted by Crippen LogP contribution is 2.21. The van der Waals surface area contributed by atoms with Crippen molar-refractivity contribution >= 4 is 17.8 Å². The maximum atomic E-state index is 13.2. The standard InChI is InChI=1S/C30H33N3O4/c34-28(19-26(23-13-6-2-7-14-23)33-30(36)25-17-10-18-31-25)32-27(24-15-8-3-9-16-24)20-29(35)37-21-22-11-4-1-5-12-22/h1-9,11-16,25-27,31H,10,17-21H2,(H,32,34)(H,33,36)/t25-,26+,27+/m1/s1. The van der Waals surface area contributed by atoms with Crippen LogP contribution in [0.3, 0.4) is 0 Å². The highest BCUT2D eigenvalue weighted by Gasteiger charge is 2.27. The summed E-state index contributed by atoms with van der Waals surface area (Å²) in [5.41, 5.74) is 2.56. The fourth-order valence-corrected chi connectivity index (χ4v) is 4.46. The molecule has 0 spiro atoms. The smallest absolute Gasteiger partial charge is 0.308 e. The van der Waals surface area contributed by atoms with Gasteiger partial charge in [0.05, 0.1) is 31.0 Å². The van der Waals surface area contributed by atoms with E-state index in [1.54, 1.807) is 0 Å². The molecule has 1 fully saturated rings. The van der Waals surface area contributed by atoms with Crippen LogP contribution in [0.15, 0.2) is 91.0 Å². The van der Waals surface area contributed by atoms with Gasteiger partial charge in [0.25, 0.3) is 0 Å². The molecule has 4 rings (SSSR count). The first-order chi connectivity index (χ1) is 18.1. The number of hydrogen-bond donors (Lipinski definition) is 3. The molecule has 3 N–H and O–H groups in total. The van der Waals surface area contributed by atoms with Crippen molar-refractivity contribution in [2.75, 3.05) is 6.54 Å². The maximum Gasteiger partial charge on any atom is 0.308 e. The molecule has 7 nitrogen and oxygen atoms in total. The highest BCUT2D eigenvalue weighted by molar-refractivity contribution is 5.84. The number of carbonyl (C=O) groups is 3. The van der Waals surface area contributed by atoms with Crippen molar-refractivity contribution in [2.24, 2.45) is 0 Å². The Balaban J connectivity index is 1.42. The highest BCUT2D eigenvalue weighted by atomic mass is 16.5. The van der Waals surface area contributed by atoms with Gasteiger partial charge in [-0.05, 0) is 36.1 Å². The summed E-state index contributed by atoms with van der Waals surface area (Å²) in [7, 11) is 0. The van der Waals surface area contributed by atoms with E-state index in [1.165, 1.54) is 0 Å². The number of hydrogen-bond acceptors (Lipinski definition) is 5. The molecule has 7 heteroatoms. The van der Waals surface area contributed by atoms with Crippen molar-refractivity contribution in [3.63, 3.8) is 0 Å². The fraction of sp³-hybridized carbons (Fsp3) is 0.300. The second-order valence-electron chi connectivity index (χ2n) is 9.21. The van der Waals surface area contributed by atoms with E-state index in [1.807, 2.05) is 91.0 Å². The zero-order valence-corrected chi connectivity index (χ0v) is 20.8. The van der Waals surface area contributed by atoms with E-state index in [-0.39, 0.29) is 37.3 Å². The summed E-state index contributed by atoms with van der Waals surface area (Å²) in [5.74, 6) is -0.778. The monoisotopic (exact) mass is 499 g/mol. The largest absolute Gasteiger partial charge is 0.461 e. The number of nitrogens with one attached hydrogen (secondary N) is 3. The Morgan fingerprint density at radius 2 is 1.35 bits per heavy atom. The van der Waals surface area contributed by atoms with E-state index in [0.717, 1.165) is 36.1 Å². The van der Waals surface area contributed by atoms with Gasteiger partial charge in [-0.2, -0.15) is 0 Å². The molecule has 0 aromatic heterocycles. The van der Waals surface area contributed by atoms with Crippen molar-refractivity contribution in [3.05, 3.63) is 108 Å². The fourth-order valence-electron chi connectivity index (χ4n) is 4.46. The van der Waals surface area contributed by atoms with Crippen LogP contribution >= 0.6 is 0 Å². The van der Waals surface area contributed by atoms with Crippen LogP contribution in [0, 0.1) is 0 Å². The molecule has 0 aliphatic carbocycles. The molecule has 3 atom stereocenters. The number of amides is 2. The van der Waals surface area contributed by atoms with Crippen LogP contribution in [0.25, 0.3) is 0 Å². The zero-order chi connectivity index (χ0) is 25.9. The molecule has 0 radical (unpaired) electrons. The predicted molar refractivity (Wildman–Crippen MR) is 141 cm³/mol. The van der Waals surface area contributed by atoms with Crippen molar-refractivity contribution in [1.82, 2.24) is 16.0 Å². The molecule has 1 aliphatic heterocycles. The van der Waals surface area contributed by atoms with Gasteiger partial charge in [-0.1, -0.05) is 91.0 Å². The summed E-state index contributed by atoms with van der Waals surface area (Å²) in [4.78, 5) is 38.7. The molecular weight excluding hydrogens is 466 g/mol. The van der Waals surface area contributed by atoms with Gasteiger partial charge in [-0.15, -0.1) is 0 Å². The first kappa shape index (κ1) is 26.1. The third-order valence-electron chi connectivity index (χ3n) is 6.44. The molecule has 0 bridgehead atoms. The Morgan fingerprint density at radius 3 is 1.92 bits per heavy atom. The first-order valence-corrected chi connectivity index (χ1v) is 12.7. The summed E-state index contributed by atoms with van der Waals surface area (Å²) in [6, 6.07) is 27.0. The third-order valence-corrected chi connectivity index (χ3v) is 6.44. The van der Waals surface area contributed by atoms with Crippen molar-refractivity contribution in [2.45, 2.75) is 50.4 Å². The van der Waals surface area contributed by atoms with Gasteiger partial charge >= 0.3 is 5.97 Å². The van der Waals surface area contributed by atoms with Gasteiger partial charge in [0.1, 0.15) is 6.61 Å². The van der Waals surface area contributed by atoms with Crippen LogP contribution < -0.4 is 16.0 Å². The Bertz CT molecular complexity index is 1150. The molecular formula is C30H33N3O4. The molecule has 3 aromatic rings. The predicted octanol–water partition coefficient (Wildman–Crippen LogP) is 3.98. The van der Waals surface area contributed by atoms with E-state index in [4.69, 9.17) is 4.74 Å². The summed E-state index contributed by atoms with van der Waals surface area (Å²) in [6.07, 6.45) is 1.77. The van der Waals surface area contributed by atoms with E-state index >= 15 is 0 Å². The lowest BCUT2D eigenvalue weighted by molar-refractivity contribution is -0.145. The lowest BCUT2D eigenvalue weighted by atomic mass is 10.0. The van der Waals surface area contributed by atoms with Gasteiger partial charge in [0.2, 0.25) is 11.8 Å². The Morgan fingerprint density at radius 1 is 0.784 bits per heavy atom. The Labute approximate surface area is 217 Å². The van der Waals surface area contributed by atoms with Crippen LogP contribution in [0.5, 0.6) is 0 Å². The number of ether oxygens (including phenoxy) is 1. The minimum absolute atomic E-state index is 0.00303. The molecule has 1 aliphatic rings. The molecule has 192 valence electrons. The molecule has 3 aromatic carbocycles. The van der Waals surface area contributed by atoms with E-state index in [9.17, 15) is 14.4 Å². The topological polar surface area (TPSA) is 96.5 Å². The molecule has 1 saturated heterocycles. The minimum Gasteiger partial charge on any atom is -0.461 e. The van der Waals surface area contributed by atoms with Gasteiger partial charge in [0, 0.05) is 0 Å². The average Bonchev–Trinajstić information content (AvgIpc) is 3.48. The number of benzene rings is 3. The van der Waals surface area contributed by atoms with Crippen molar-refractivity contribution < 1.29 is 19.1 Å². The second kappa shape index (κ2) is 13.4. The lowest BCUT2D eigenvalue weighted by Gasteiger charge is -2.23. The number of rotatable bonds is 11. The van der Waals surface area contributed by atoms with Crippen LogP contribution in [0.4, 0.5) is 0 Å². The number of esters is 1. The normalized spacial score (nSPS) is 16.4. The summed E-state index contributed by atoms with van der Waals surface area (Å²) < 4.78 is 5.47. The number of carbonyl (C=O) groups excluding carboxylic acids is 3. The maximum absolute atomic E-state index is 13.2. The summed E-state index contributed by atoms with van der Waals surface area (Å²) >= 11 is 0. The summed E-state index contributed by atoms with van der Waals surface area (Å²) in [5, 5.41) is 9.24. The average molecular weight is 500 g/mol. The SMILES string of the molecule is O=C(C[C@H](NC(=O)[C@H]1CCCN1)c1ccccc1)N[C@@H](CC(=O)OCc1ccccc1)c1ccccc1. The quantitative estimate of drug-likeness (QED) is 0.347. The van der Waals surface area contributed by atoms with Gasteiger partial charge in [0.15, 0.2) is 0 Å². The van der Waals surface area contributed by atoms with E-state index in [2.05, 4.69) is 16.0 Å². The molecule has 1 heterocycles. The van der Waals surface area contributed by atoms with Crippen LogP contribution in [0.2, 0.25) is 0 Å². The molecule has 0 unspecified atom stereocenters. The molecule has 2 amide bonds. The Kier molecular flexibility index (Phi) is 9.43. The van der Waals surface area contributed by atoms with Gasteiger partial charge in [-0.25, -0.2) is 0 Å². The van der Waals surface area contributed by atoms with E-state index < -0.39 is 18.1 Å². The van der Waals surface area contributed by atoms with Crippen LogP contribution in [-0.2, 0) is 25.7 Å². The molecule has 37 heavy (non-hydrogen) atoms. The van der Waals surface area contributed by atoms with E-state index in [0.29, 0.717) is 0 Å². The van der Waals surface area contributed by atoms with Crippen molar-refractivity contribution in [3.8, 4) is 0 Å². The zero-order valence-electron chi connectivity index (χ0n) is 20.8. The van der Waals surface area contributed by atoms with Crippen molar-refractivity contribution in [1.29, 1.82) is 0 Å².